The van der Waals surface area contributed by atoms with Gasteiger partial charge in [-0.15, -0.1) is 0 Å². The third-order valence-corrected chi connectivity index (χ3v) is 4.27. The SMILES string of the molecule is COC(=O)C1=C(C(=O)OC)N(c2cc(OC)c(Br)cc2Cl)COC1. The van der Waals surface area contributed by atoms with Crippen molar-refractivity contribution < 1.29 is 28.5 Å². The number of methoxy groups -OCH3 is 3. The number of halogens is 2. The highest BCUT2D eigenvalue weighted by atomic mass is 79.9. The van der Waals surface area contributed by atoms with Crippen LogP contribution in [0.5, 0.6) is 5.75 Å². The summed E-state index contributed by atoms with van der Waals surface area (Å²) in [4.78, 5) is 25.7. The maximum absolute atomic E-state index is 12.2. The van der Waals surface area contributed by atoms with E-state index in [0.29, 0.717) is 20.9 Å². The third kappa shape index (κ3) is 3.50. The number of benzene rings is 1. The van der Waals surface area contributed by atoms with Crippen molar-refractivity contribution in [3.63, 3.8) is 0 Å². The summed E-state index contributed by atoms with van der Waals surface area (Å²) < 4.78 is 20.8. The number of nitrogens with zero attached hydrogens (tertiary/aromatic N) is 1. The first-order chi connectivity index (χ1) is 11.4. The molecule has 0 unspecified atom stereocenters. The van der Waals surface area contributed by atoms with E-state index in [1.54, 1.807) is 12.1 Å². The van der Waals surface area contributed by atoms with Crippen molar-refractivity contribution in [1.82, 2.24) is 0 Å². The van der Waals surface area contributed by atoms with Gasteiger partial charge in [0.15, 0.2) is 0 Å². The highest BCUT2D eigenvalue weighted by Crippen LogP contribution is 2.39. The average Bonchev–Trinajstić information content (AvgIpc) is 2.60. The first-order valence-electron chi connectivity index (χ1n) is 6.72. The molecule has 1 aliphatic heterocycles. The zero-order chi connectivity index (χ0) is 17.9. The summed E-state index contributed by atoms with van der Waals surface area (Å²) in [5.41, 5.74) is 0.494. The van der Waals surface area contributed by atoms with Gasteiger partial charge in [-0.3, -0.25) is 0 Å². The Bertz CT molecular complexity index is 705. The van der Waals surface area contributed by atoms with Gasteiger partial charge in [-0.25, -0.2) is 9.59 Å². The molecule has 1 aromatic carbocycles. The van der Waals surface area contributed by atoms with Crippen molar-refractivity contribution in [2.45, 2.75) is 0 Å². The Balaban J connectivity index is 2.63. The first kappa shape index (κ1) is 18.6. The maximum atomic E-state index is 12.2. The number of carbonyl (C=O) groups is 2. The molecule has 0 fully saturated rings. The molecule has 0 aromatic heterocycles. The average molecular weight is 421 g/mol. The second-order valence-electron chi connectivity index (χ2n) is 4.65. The Morgan fingerprint density at radius 2 is 1.88 bits per heavy atom. The Morgan fingerprint density at radius 3 is 2.46 bits per heavy atom. The summed E-state index contributed by atoms with van der Waals surface area (Å²) >= 11 is 9.62. The van der Waals surface area contributed by atoms with Crippen molar-refractivity contribution in [1.29, 1.82) is 0 Å². The Morgan fingerprint density at radius 1 is 1.21 bits per heavy atom. The zero-order valence-corrected chi connectivity index (χ0v) is 15.6. The van der Waals surface area contributed by atoms with Crippen LogP contribution in [0.25, 0.3) is 0 Å². The fourth-order valence-corrected chi connectivity index (χ4v) is 3.12. The molecule has 0 atom stereocenters. The minimum atomic E-state index is -0.698. The fraction of sp³-hybridized carbons (Fsp3) is 0.333. The molecule has 7 nitrogen and oxygen atoms in total. The molecule has 0 spiro atoms. The van der Waals surface area contributed by atoms with E-state index in [1.165, 1.54) is 26.2 Å². The van der Waals surface area contributed by atoms with Crippen LogP contribution in [0.2, 0.25) is 5.02 Å². The summed E-state index contributed by atoms with van der Waals surface area (Å²) in [6.07, 6.45) is 0. The van der Waals surface area contributed by atoms with Gasteiger partial charge >= 0.3 is 11.9 Å². The van der Waals surface area contributed by atoms with E-state index in [1.807, 2.05) is 0 Å². The molecule has 1 heterocycles. The number of rotatable bonds is 4. The van der Waals surface area contributed by atoms with Gasteiger partial charge < -0.3 is 23.8 Å². The van der Waals surface area contributed by atoms with Gasteiger partial charge in [0.2, 0.25) is 0 Å². The summed E-state index contributed by atoms with van der Waals surface area (Å²) in [5.74, 6) is -0.874. The van der Waals surface area contributed by atoms with Gasteiger partial charge in [-0.2, -0.15) is 0 Å². The van der Waals surface area contributed by atoms with Crippen LogP contribution in [-0.4, -0.2) is 46.6 Å². The van der Waals surface area contributed by atoms with E-state index in [0.717, 1.165) is 0 Å². The minimum absolute atomic E-state index is 0.00936. The molecular formula is C15H15BrClNO6. The second-order valence-corrected chi connectivity index (χ2v) is 5.92. The second kappa shape index (κ2) is 7.87. The zero-order valence-electron chi connectivity index (χ0n) is 13.2. The molecule has 0 saturated carbocycles. The summed E-state index contributed by atoms with van der Waals surface area (Å²) in [6.45, 7) is -0.0612. The van der Waals surface area contributed by atoms with Gasteiger partial charge in [-0.1, -0.05) is 11.6 Å². The summed E-state index contributed by atoms with van der Waals surface area (Å²) in [7, 11) is 3.95. The molecule has 9 heteroatoms. The molecule has 0 radical (unpaired) electrons. The van der Waals surface area contributed by atoms with Gasteiger partial charge in [0, 0.05) is 6.07 Å². The van der Waals surface area contributed by atoms with Gasteiger partial charge in [0.25, 0.3) is 0 Å². The van der Waals surface area contributed by atoms with Crippen LogP contribution in [0, 0.1) is 0 Å². The number of anilines is 1. The van der Waals surface area contributed by atoms with E-state index in [4.69, 9.17) is 30.5 Å². The smallest absolute Gasteiger partial charge is 0.355 e. The van der Waals surface area contributed by atoms with Crippen LogP contribution < -0.4 is 9.64 Å². The van der Waals surface area contributed by atoms with E-state index in [2.05, 4.69) is 15.9 Å². The Labute approximate surface area is 152 Å². The Kier molecular flexibility index (Phi) is 6.09. The molecule has 1 aliphatic rings. The number of hydrogen-bond acceptors (Lipinski definition) is 7. The van der Waals surface area contributed by atoms with Gasteiger partial charge in [-0.05, 0) is 22.0 Å². The molecule has 0 amide bonds. The topological polar surface area (TPSA) is 74.3 Å². The molecule has 130 valence electrons. The van der Waals surface area contributed by atoms with E-state index >= 15 is 0 Å². The van der Waals surface area contributed by atoms with Crippen molar-refractivity contribution in [3.8, 4) is 5.75 Å². The van der Waals surface area contributed by atoms with Crippen molar-refractivity contribution in [3.05, 3.63) is 32.9 Å². The number of hydrogen-bond donors (Lipinski definition) is 0. The van der Waals surface area contributed by atoms with Gasteiger partial charge in [0.1, 0.15) is 18.2 Å². The maximum Gasteiger partial charge on any atom is 0.355 e. The lowest BCUT2D eigenvalue weighted by molar-refractivity contribution is -0.140. The minimum Gasteiger partial charge on any atom is -0.495 e. The largest absolute Gasteiger partial charge is 0.495 e. The summed E-state index contributed by atoms with van der Waals surface area (Å²) in [6, 6.07) is 3.25. The molecule has 2 rings (SSSR count). The molecule has 0 saturated heterocycles. The van der Waals surface area contributed by atoms with Crippen molar-refractivity contribution in [2.24, 2.45) is 0 Å². The highest BCUT2D eigenvalue weighted by molar-refractivity contribution is 9.10. The highest BCUT2D eigenvalue weighted by Gasteiger charge is 2.33. The quantitative estimate of drug-likeness (QED) is 0.693. The van der Waals surface area contributed by atoms with Crippen LogP contribution in [0.1, 0.15) is 0 Å². The van der Waals surface area contributed by atoms with Crippen LogP contribution >= 0.6 is 27.5 Å². The lowest BCUT2D eigenvalue weighted by Gasteiger charge is -2.32. The molecule has 0 bridgehead atoms. The van der Waals surface area contributed by atoms with E-state index in [-0.39, 0.29) is 24.6 Å². The standard InChI is InChI=1S/C15H15BrClNO6/c1-21-12-5-11(10(17)4-9(12)16)18-7-24-6-8(14(19)22-2)13(18)15(20)23-3/h4-5H,6-7H2,1-3H3. The number of esters is 2. The monoisotopic (exact) mass is 419 g/mol. The lowest BCUT2D eigenvalue weighted by Crippen LogP contribution is -2.39. The first-order valence-corrected chi connectivity index (χ1v) is 7.89. The number of ether oxygens (including phenoxy) is 4. The van der Waals surface area contributed by atoms with Crippen molar-refractivity contribution in [2.75, 3.05) is 39.6 Å². The fourth-order valence-electron chi connectivity index (χ4n) is 2.22. The van der Waals surface area contributed by atoms with Crippen molar-refractivity contribution >= 4 is 45.2 Å². The Hall–Kier alpha value is -1.77. The lowest BCUT2D eigenvalue weighted by atomic mass is 10.1. The normalized spacial score (nSPS) is 14.5. The van der Waals surface area contributed by atoms with Crippen LogP contribution in [-0.2, 0) is 23.8 Å². The molecule has 0 aliphatic carbocycles. The van der Waals surface area contributed by atoms with Crippen LogP contribution in [0.3, 0.4) is 0 Å². The predicted octanol–water partition coefficient (Wildman–Crippen LogP) is 2.51. The summed E-state index contributed by atoms with van der Waals surface area (Å²) in [5, 5.41) is 0.332. The van der Waals surface area contributed by atoms with Gasteiger partial charge in [0.05, 0.1) is 48.7 Å². The molecule has 0 N–H and O–H groups in total. The van der Waals surface area contributed by atoms with E-state index in [9.17, 15) is 9.59 Å². The molecular weight excluding hydrogens is 406 g/mol. The predicted molar refractivity (Wildman–Crippen MR) is 90.1 cm³/mol. The van der Waals surface area contributed by atoms with Crippen LogP contribution in [0.15, 0.2) is 27.9 Å². The third-order valence-electron chi connectivity index (χ3n) is 3.35. The van der Waals surface area contributed by atoms with E-state index < -0.39 is 11.9 Å². The molecule has 1 aromatic rings. The number of carbonyl (C=O) groups excluding carboxylic acids is 2. The molecule has 24 heavy (non-hydrogen) atoms. The van der Waals surface area contributed by atoms with Crippen LogP contribution in [0.4, 0.5) is 5.69 Å².